The Bertz CT molecular complexity index is 798. The van der Waals surface area contributed by atoms with E-state index in [0.29, 0.717) is 10.9 Å². The highest BCUT2D eigenvalue weighted by molar-refractivity contribution is 6.06. The van der Waals surface area contributed by atoms with Gasteiger partial charge in [0.25, 0.3) is 5.91 Å². The van der Waals surface area contributed by atoms with Crippen molar-refractivity contribution in [1.29, 1.82) is 0 Å². The predicted molar refractivity (Wildman–Crippen MR) is 72.1 cm³/mol. The van der Waals surface area contributed by atoms with E-state index < -0.39 is 5.91 Å². The second-order valence-electron chi connectivity index (χ2n) is 4.24. The molecule has 3 aromatic rings. The lowest BCUT2D eigenvalue weighted by Gasteiger charge is -2.03. The van der Waals surface area contributed by atoms with Crippen molar-refractivity contribution in [2.75, 3.05) is 5.32 Å². The van der Waals surface area contributed by atoms with Gasteiger partial charge in [-0.25, -0.2) is 9.37 Å². The van der Waals surface area contributed by atoms with E-state index in [1.807, 2.05) is 0 Å². The van der Waals surface area contributed by atoms with Crippen molar-refractivity contribution in [3.8, 4) is 5.75 Å². The first-order valence-corrected chi connectivity index (χ1v) is 5.87. The lowest BCUT2D eigenvalue weighted by Crippen LogP contribution is -2.13. The van der Waals surface area contributed by atoms with E-state index in [9.17, 15) is 14.3 Å². The Morgan fingerprint density at radius 2 is 2.15 bits per heavy atom. The van der Waals surface area contributed by atoms with Gasteiger partial charge < -0.3 is 15.4 Å². The summed E-state index contributed by atoms with van der Waals surface area (Å²) >= 11 is 0. The summed E-state index contributed by atoms with van der Waals surface area (Å²) < 4.78 is 13.1. The van der Waals surface area contributed by atoms with Crippen LogP contribution >= 0.6 is 0 Å². The molecular weight excluding hydrogens is 261 g/mol. The number of nitrogens with one attached hydrogen (secondary N) is 2. The van der Waals surface area contributed by atoms with E-state index in [4.69, 9.17) is 0 Å². The molecule has 6 heteroatoms. The van der Waals surface area contributed by atoms with Crippen LogP contribution in [0.3, 0.4) is 0 Å². The second kappa shape index (κ2) is 4.65. The summed E-state index contributed by atoms with van der Waals surface area (Å²) in [6, 6.07) is 8.71. The lowest BCUT2D eigenvalue weighted by atomic mass is 10.2. The number of hydrogen-bond acceptors (Lipinski definition) is 3. The quantitative estimate of drug-likeness (QED) is 0.670. The molecule has 1 amide bonds. The third kappa shape index (κ3) is 2.18. The summed E-state index contributed by atoms with van der Waals surface area (Å²) in [6.07, 6.45) is 1.45. The number of benzene rings is 1. The van der Waals surface area contributed by atoms with Crippen molar-refractivity contribution in [3.05, 3.63) is 54.1 Å². The standard InChI is InChI=1S/C14H10FN3O2/c15-9-3-4-10-8(6-9)7-11(17-10)14(20)18-13-12(19)2-1-5-16-13/h1-7,17,19H,(H,16,18,20). The molecule has 0 bridgehead atoms. The van der Waals surface area contributed by atoms with Crippen LogP contribution in [-0.4, -0.2) is 21.0 Å². The fraction of sp³-hybridized carbons (Fsp3) is 0. The van der Waals surface area contributed by atoms with Gasteiger partial charge in [0.2, 0.25) is 0 Å². The maximum atomic E-state index is 13.1. The van der Waals surface area contributed by atoms with Crippen molar-refractivity contribution in [3.63, 3.8) is 0 Å². The molecule has 3 rings (SSSR count). The van der Waals surface area contributed by atoms with E-state index in [2.05, 4.69) is 15.3 Å². The number of halogens is 1. The third-order valence-corrected chi connectivity index (χ3v) is 2.85. The van der Waals surface area contributed by atoms with Crippen LogP contribution in [0.5, 0.6) is 5.75 Å². The van der Waals surface area contributed by atoms with Crippen LogP contribution in [-0.2, 0) is 0 Å². The van der Waals surface area contributed by atoms with E-state index in [-0.39, 0.29) is 23.1 Å². The Morgan fingerprint density at radius 1 is 1.30 bits per heavy atom. The van der Waals surface area contributed by atoms with Gasteiger partial charge in [0.15, 0.2) is 11.6 Å². The van der Waals surface area contributed by atoms with E-state index >= 15 is 0 Å². The Labute approximate surface area is 113 Å². The molecule has 0 spiro atoms. The Hall–Kier alpha value is -2.89. The molecule has 0 aliphatic carbocycles. The monoisotopic (exact) mass is 271 g/mol. The number of amides is 1. The first-order valence-electron chi connectivity index (χ1n) is 5.87. The first kappa shape index (κ1) is 12.2. The summed E-state index contributed by atoms with van der Waals surface area (Å²) in [5.74, 6) is -0.883. The third-order valence-electron chi connectivity index (χ3n) is 2.85. The number of aromatic amines is 1. The summed E-state index contributed by atoms with van der Waals surface area (Å²) in [5.41, 5.74) is 0.914. The summed E-state index contributed by atoms with van der Waals surface area (Å²) in [5, 5.41) is 12.6. The summed E-state index contributed by atoms with van der Waals surface area (Å²) in [6.45, 7) is 0. The van der Waals surface area contributed by atoms with Gasteiger partial charge in [-0.1, -0.05) is 0 Å². The fourth-order valence-corrected chi connectivity index (χ4v) is 1.89. The number of rotatable bonds is 2. The predicted octanol–water partition coefficient (Wildman–Crippen LogP) is 2.66. The SMILES string of the molecule is O=C(Nc1ncccc1O)c1cc2cc(F)ccc2[nH]1. The van der Waals surface area contributed by atoms with E-state index in [0.717, 1.165) is 0 Å². The maximum Gasteiger partial charge on any atom is 0.273 e. The van der Waals surface area contributed by atoms with Crippen molar-refractivity contribution in [2.24, 2.45) is 0 Å². The van der Waals surface area contributed by atoms with Gasteiger partial charge >= 0.3 is 0 Å². The molecule has 1 aromatic carbocycles. The molecule has 0 radical (unpaired) electrons. The molecule has 100 valence electrons. The number of carbonyl (C=O) groups excluding carboxylic acids is 1. The minimum absolute atomic E-state index is 0.0716. The number of nitrogens with zero attached hydrogens (tertiary/aromatic N) is 1. The highest BCUT2D eigenvalue weighted by atomic mass is 19.1. The minimum Gasteiger partial charge on any atom is -0.504 e. The zero-order valence-corrected chi connectivity index (χ0v) is 10.2. The molecular formula is C14H10FN3O2. The summed E-state index contributed by atoms with van der Waals surface area (Å²) in [7, 11) is 0. The molecule has 3 N–H and O–H groups in total. The molecule has 2 heterocycles. The number of pyridine rings is 1. The molecule has 0 unspecified atom stereocenters. The van der Waals surface area contributed by atoms with Crippen LogP contribution < -0.4 is 5.32 Å². The average molecular weight is 271 g/mol. The number of aromatic hydroxyl groups is 1. The van der Waals surface area contributed by atoms with E-state index in [1.165, 1.54) is 30.5 Å². The van der Waals surface area contributed by atoms with Gasteiger partial charge in [0.05, 0.1) is 0 Å². The van der Waals surface area contributed by atoms with Gasteiger partial charge in [0.1, 0.15) is 11.5 Å². The van der Waals surface area contributed by atoms with Gasteiger partial charge in [-0.3, -0.25) is 4.79 Å². The van der Waals surface area contributed by atoms with Gasteiger partial charge in [-0.15, -0.1) is 0 Å². The molecule has 0 fully saturated rings. The van der Waals surface area contributed by atoms with Gasteiger partial charge in [0, 0.05) is 17.1 Å². The van der Waals surface area contributed by atoms with Crippen LogP contribution in [0.15, 0.2) is 42.6 Å². The number of H-pyrrole nitrogens is 1. The molecule has 0 saturated heterocycles. The molecule has 0 saturated carbocycles. The molecule has 2 aromatic heterocycles. The maximum absolute atomic E-state index is 13.1. The number of carbonyl (C=O) groups is 1. The topological polar surface area (TPSA) is 78.0 Å². The normalized spacial score (nSPS) is 10.7. The highest BCUT2D eigenvalue weighted by Gasteiger charge is 2.12. The fourth-order valence-electron chi connectivity index (χ4n) is 1.89. The smallest absolute Gasteiger partial charge is 0.273 e. The number of fused-ring (bicyclic) bond motifs is 1. The summed E-state index contributed by atoms with van der Waals surface area (Å²) in [4.78, 5) is 18.8. The molecule has 0 aliphatic heterocycles. The zero-order chi connectivity index (χ0) is 14.1. The molecule has 0 aliphatic rings. The minimum atomic E-state index is -0.462. The Balaban J connectivity index is 1.91. The zero-order valence-electron chi connectivity index (χ0n) is 10.2. The Kier molecular flexibility index (Phi) is 2.83. The average Bonchev–Trinajstić information content (AvgIpc) is 2.84. The number of anilines is 1. The first-order chi connectivity index (χ1) is 9.63. The number of hydrogen-bond donors (Lipinski definition) is 3. The molecule has 5 nitrogen and oxygen atoms in total. The lowest BCUT2D eigenvalue weighted by molar-refractivity contribution is 0.102. The van der Waals surface area contributed by atoms with Crippen molar-refractivity contribution < 1.29 is 14.3 Å². The van der Waals surface area contributed by atoms with Crippen LogP contribution in [0.1, 0.15) is 10.5 Å². The van der Waals surface area contributed by atoms with Crippen LogP contribution in [0.2, 0.25) is 0 Å². The molecule has 0 atom stereocenters. The number of aromatic nitrogens is 2. The second-order valence-corrected chi connectivity index (χ2v) is 4.24. The van der Waals surface area contributed by atoms with Gasteiger partial charge in [-0.05, 0) is 36.4 Å². The largest absolute Gasteiger partial charge is 0.504 e. The van der Waals surface area contributed by atoms with Crippen molar-refractivity contribution >= 4 is 22.6 Å². The van der Waals surface area contributed by atoms with E-state index in [1.54, 1.807) is 12.1 Å². The van der Waals surface area contributed by atoms with Crippen molar-refractivity contribution in [1.82, 2.24) is 9.97 Å². The van der Waals surface area contributed by atoms with Crippen molar-refractivity contribution in [2.45, 2.75) is 0 Å². The van der Waals surface area contributed by atoms with Crippen LogP contribution in [0.25, 0.3) is 10.9 Å². The van der Waals surface area contributed by atoms with Crippen LogP contribution in [0.4, 0.5) is 10.2 Å². The molecule has 20 heavy (non-hydrogen) atoms. The highest BCUT2D eigenvalue weighted by Crippen LogP contribution is 2.21. The van der Waals surface area contributed by atoms with Crippen LogP contribution in [0, 0.1) is 5.82 Å². The Morgan fingerprint density at radius 3 is 2.95 bits per heavy atom. The van der Waals surface area contributed by atoms with Gasteiger partial charge in [-0.2, -0.15) is 0 Å².